The Bertz CT molecular complexity index is 1380. The van der Waals surface area contributed by atoms with Crippen molar-refractivity contribution in [3.63, 3.8) is 0 Å². The monoisotopic (exact) mass is 516 g/mol. The van der Waals surface area contributed by atoms with Gasteiger partial charge in [-0.25, -0.2) is 19.3 Å². The molecule has 5 rings (SSSR count). The SMILES string of the molecule is CCOC(=O)CC1CCCN(c2ccc(-c3nnn(C)c3COc3cc(-n4cccn4)ccn3)nc2C)C1. The highest BCUT2D eigenvalue weighted by molar-refractivity contribution is 5.70. The molecule has 4 aromatic rings. The molecule has 5 heterocycles. The van der Waals surface area contributed by atoms with Gasteiger partial charge in [-0.2, -0.15) is 5.10 Å². The van der Waals surface area contributed by atoms with Crippen molar-refractivity contribution in [3.8, 4) is 23.0 Å². The molecule has 1 aliphatic rings. The van der Waals surface area contributed by atoms with Crippen molar-refractivity contribution < 1.29 is 14.3 Å². The van der Waals surface area contributed by atoms with Gasteiger partial charge in [0.2, 0.25) is 5.88 Å². The molecule has 4 aromatic heterocycles. The van der Waals surface area contributed by atoms with Gasteiger partial charge < -0.3 is 14.4 Å². The second kappa shape index (κ2) is 11.4. The van der Waals surface area contributed by atoms with E-state index in [2.05, 4.69) is 31.4 Å². The molecule has 1 fully saturated rings. The molecule has 11 heteroatoms. The summed E-state index contributed by atoms with van der Waals surface area (Å²) in [5.41, 5.74) is 5.04. The van der Waals surface area contributed by atoms with E-state index in [1.54, 1.807) is 21.8 Å². The van der Waals surface area contributed by atoms with Gasteiger partial charge in [-0.1, -0.05) is 5.21 Å². The fraction of sp³-hybridized carbons (Fsp3) is 0.407. The highest BCUT2D eigenvalue weighted by atomic mass is 16.5. The number of piperidine rings is 1. The lowest BCUT2D eigenvalue weighted by Crippen LogP contribution is -2.37. The summed E-state index contributed by atoms with van der Waals surface area (Å²) in [6, 6.07) is 9.62. The van der Waals surface area contributed by atoms with Gasteiger partial charge in [-0.3, -0.25) is 4.79 Å². The number of anilines is 1. The molecule has 0 amide bonds. The molecule has 0 N–H and O–H groups in total. The van der Waals surface area contributed by atoms with E-state index in [1.807, 2.05) is 51.4 Å². The zero-order valence-electron chi connectivity index (χ0n) is 21.9. The lowest BCUT2D eigenvalue weighted by molar-refractivity contribution is -0.144. The topological polar surface area (TPSA) is 113 Å². The Hall–Kier alpha value is -4.28. The van der Waals surface area contributed by atoms with Crippen molar-refractivity contribution in [2.75, 3.05) is 24.6 Å². The third kappa shape index (κ3) is 5.66. The highest BCUT2D eigenvalue weighted by Gasteiger charge is 2.25. The van der Waals surface area contributed by atoms with Gasteiger partial charge in [-0.05, 0) is 56.9 Å². The predicted octanol–water partition coefficient (Wildman–Crippen LogP) is 3.51. The van der Waals surface area contributed by atoms with Crippen LogP contribution in [-0.4, -0.2) is 60.4 Å². The van der Waals surface area contributed by atoms with Gasteiger partial charge in [0, 0.05) is 44.8 Å². The van der Waals surface area contributed by atoms with E-state index in [9.17, 15) is 4.79 Å². The Kier molecular flexibility index (Phi) is 7.62. The minimum atomic E-state index is -0.120. The van der Waals surface area contributed by atoms with Gasteiger partial charge in [0.25, 0.3) is 0 Å². The van der Waals surface area contributed by atoms with Crippen LogP contribution in [0.25, 0.3) is 17.1 Å². The number of aryl methyl sites for hydroxylation is 2. The molecule has 11 nitrogen and oxygen atoms in total. The van der Waals surface area contributed by atoms with E-state index in [0.29, 0.717) is 24.6 Å². The molecule has 0 aliphatic carbocycles. The van der Waals surface area contributed by atoms with Crippen LogP contribution in [-0.2, 0) is 23.2 Å². The number of carbonyl (C=O) groups is 1. The van der Waals surface area contributed by atoms with Crippen LogP contribution >= 0.6 is 0 Å². The maximum Gasteiger partial charge on any atom is 0.306 e. The highest BCUT2D eigenvalue weighted by Crippen LogP contribution is 2.30. The van der Waals surface area contributed by atoms with E-state index in [0.717, 1.165) is 54.4 Å². The van der Waals surface area contributed by atoms with Crippen LogP contribution in [0, 0.1) is 12.8 Å². The fourth-order valence-corrected chi connectivity index (χ4v) is 4.85. The maximum absolute atomic E-state index is 12.0. The van der Waals surface area contributed by atoms with E-state index in [1.165, 1.54) is 0 Å². The molecule has 198 valence electrons. The van der Waals surface area contributed by atoms with Crippen LogP contribution in [0.5, 0.6) is 5.88 Å². The quantitative estimate of drug-likeness (QED) is 0.308. The second-order valence-electron chi connectivity index (χ2n) is 9.36. The van der Waals surface area contributed by atoms with E-state index in [-0.39, 0.29) is 18.5 Å². The number of nitrogens with zero attached hydrogens (tertiary/aromatic N) is 8. The summed E-state index contributed by atoms with van der Waals surface area (Å²) >= 11 is 0. The molecule has 1 atom stereocenters. The van der Waals surface area contributed by atoms with Gasteiger partial charge in [-0.15, -0.1) is 5.10 Å². The Morgan fingerprint density at radius 2 is 2.11 bits per heavy atom. The molecule has 1 unspecified atom stereocenters. The average molecular weight is 517 g/mol. The first kappa shape index (κ1) is 25.4. The van der Waals surface area contributed by atoms with Gasteiger partial charge >= 0.3 is 5.97 Å². The number of ether oxygens (including phenoxy) is 2. The third-order valence-corrected chi connectivity index (χ3v) is 6.71. The fourth-order valence-electron chi connectivity index (χ4n) is 4.85. The summed E-state index contributed by atoms with van der Waals surface area (Å²) in [5, 5.41) is 12.8. The lowest BCUT2D eigenvalue weighted by Gasteiger charge is -2.34. The summed E-state index contributed by atoms with van der Waals surface area (Å²) in [5.74, 6) is 0.642. The zero-order chi connectivity index (χ0) is 26.5. The summed E-state index contributed by atoms with van der Waals surface area (Å²) in [6.45, 7) is 6.26. The minimum absolute atomic E-state index is 0.120. The molecule has 0 aromatic carbocycles. The molecule has 1 saturated heterocycles. The number of rotatable bonds is 9. The Labute approximate surface area is 221 Å². The van der Waals surface area contributed by atoms with Crippen molar-refractivity contribution in [3.05, 3.63) is 60.3 Å². The first-order chi connectivity index (χ1) is 18.5. The zero-order valence-corrected chi connectivity index (χ0v) is 21.9. The first-order valence-electron chi connectivity index (χ1n) is 12.9. The van der Waals surface area contributed by atoms with Crippen LogP contribution in [0.4, 0.5) is 5.69 Å². The molecule has 0 bridgehead atoms. The molecular formula is C27H32N8O3. The largest absolute Gasteiger partial charge is 0.471 e. The first-order valence-corrected chi connectivity index (χ1v) is 12.9. The van der Waals surface area contributed by atoms with Crippen molar-refractivity contribution in [1.29, 1.82) is 0 Å². The van der Waals surface area contributed by atoms with E-state index >= 15 is 0 Å². The number of hydrogen-bond donors (Lipinski definition) is 0. The van der Waals surface area contributed by atoms with Crippen LogP contribution in [0.2, 0.25) is 0 Å². The number of esters is 1. The number of hydrogen-bond acceptors (Lipinski definition) is 9. The number of pyridine rings is 2. The van der Waals surface area contributed by atoms with Crippen LogP contribution in [0.3, 0.4) is 0 Å². The van der Waals surface area contributed by atoms with Crippen molar-refractivity contribution in [2.45, 2.75) is 39.7 Å². The minimum Gasteiger partial charge on any atom is -0.471 e. The van der Waals surface area contributed by atoms with E-state index in [4.69, 9.17) is 14.5 Å². The summed E-state index contributed by atoms with van der Waals surface area (Å²) in [7, 11) is 1.83. The number of aromatic nitrogens is 7. The van der Waals surface area contributed by atoms with Crippen LogP contribution < -0.4 is 9.64 Å². The Morgan fingerprint density at radius 3 is 2.89 bits per heavy atom. The maximum atomic E-state index is 12.0. The molecule has 0 radical (unpaired) electrons. The predicted molar refractivity (Wildman–Crippen MR) is 141 cm³/mol. The standard InChI is InChI=1S/C27H32N8O3/c1-4-37-26(36)15-20-7-5-13-34(17-20)23-9-8-22(30-19(23)2)27-24(33(3)32-31-27)18-38-25-16-21(10-12-28-25)35-14-6-11-29-35/h6,8-12,14,16,20H,4-5,7,13,15,17-18H2,1-3H3. The Morgan fingerprint density at radius 1 is 1.21 bits per heavy atom. The van der Waals surface area contributed by atoms with Crippen LogP contribution in [0.15, 0.2) is 48.9 Å². The summed E-state index contributed by atoms with van der Waals surface area (Å²) in [4.78, 5) is 23.5. The molecular weight excluding hydrogens is 484 g/mol. The normalized spacial score (nSPS) is 15.4. The smallest absolute Gasteiger partial charge is 0.306 e. The third-order valence-electron chi connectivity index (χ3n) is 6.71. The average Bonchev–Trinajstić information content (AvgIpc) is 3.58. The second-order valence-corrected chi connectivity index (χ2v) is 9.36. The van der Waals surface area contributed by atoms with Crippen molar-refractivity contribution in [2.24, 2.45) is 13.0 Å². The molecule has 38 heavy (non-hydrogen) atoms. The molecule has 0 saturated carbocycles. The van der Waals surface area contributed by atoms with E-state index < -0.39 is 0 Å². The Balaban J connectivity index is 1.30. The molecule has 0 spiro atoms. The van der Waals surface area contributed by atoms with Crippen LogP contribution in [0.1, 0.15) is 37.6 Å². The van der Waals surface area contributed by atoms with Gasteiger partial charge in [0.1, 0.15) is 18.0 Å². The lowest BCUT2D eigenvalue weighted by atomic mass is 9.94. The molecule has 1 aliphatic heterocycles. The van der Waals surface area contributed by atoms with Gasteiger partial charge in [0.05, 0.1) is 35.8 Å². The van der Waals surface area contributed by atoms with Crippen molar-refractivity contribution in [1.82, 2.24) is 34.7 Å². The summed E-state index contributed by atoms with van der Waals surface area (Å²) in [6.07, 6.45) is 7.80. The van der Waals surface area contributed by atoms with Crippen molar-refractivity contribution >= 4 is 11.7 Å². The summed E-state index contributed by atoms with van der Waals surface area (Å²) < 4.78 is 14.6. The van der Waals surface area contributed by atoms with Gasteiger partial charge in [0.15, 0.2) is 0 Å². The number of carbonyl (C=O) groups excluding carboxylic acids is 1.